The van der Waals surface area contributed by atoms with Crippen molar-refractivity contribution in [3.8, 4) is 5.75 Å². The van der Waals surface area contributed by atoms with E-state index < -0.39 is 0 Å². The van der Waals surface area contributed by atoms with E-state index in [2.05, 4.69) is 40.3 Å². The van der Waals surface area contributed by atoms with Gasteiger partial charge in [-0.05, 0) is 39.7 Å². The van der Waals surface area contributed by atoms with Gasteiger partial charge in [0, 0.05) is 17.1 Å². The van der Waals surface area contributed by atoms with Gasteiger partial charge in [0.05, 0.1) is 10.0 Å². The SMILES string of the molecule is CCNCc1cccc(COc2cc(Cl)c(Br)cc2Cl)c1. The van der Waals surface area contributed by atoms with E-state index in [9.17, 15) is 0 Å². The number of halogens is 3. The van der Waals surface area contributed by atoms with E-state index in [-0.39, 0.29) is 0 Å². The maximum absolute atomic E-state index is 6.14. The Balaban J connectivity index is 2.04. The van der Waals surface area contributed by atoms with Gasteiger partial charge in [0.1, 0.15) is 12.4 Å². The lowest BCUT2D eigenvalue weighted by atomic mass is 10.1. The van der Waals surface area contributed by atoms with Crippen molar-refractivity contribution in [1.82, 2.24) is 5.32 Å². The lowest BCUT2D eigenvalue weighted by Gasteiger charge is -2.10. The zero-order valence-electron chi connectivity index (χ0n) is 11.6. The van der Waals surface area contributed by atoms with Gasteiger partial charge < -0.3 is 10.1 Å². The van der Waals surface area contributed by atoms with Crippen LogP contribution in [0, 0.1) is 0 Å². The van der Waals surface area contributed by atoms with Crippen LogP contribution in [0.5, 0.6) is 5.75 Å². The maximum Gasteiger partial charge on any atom is 0.139 e. The average molecular weight is 389 g/mol. The molecule has 0 saturated carbocycles. The van der Waals surface area contributed by atoms with E-state index in [1.807, 2.05) is 12.1 Å². The van der Waals surface area contributed by atoms with Gasteiger partial charge in [-0.15, -0.1) is 0 Å². The summed E-state index contributed by atoms with van der Waals surface area (Å²) in [7, 11) is 0. The van der Waals surface area contributed by atoms with Gasteiger partial charge in [0.25, 0.3) is 0 Å². The molecule has 0 fully saturated rings. The standard InChI is InChI=1S/C16H16BrCl2NO/c1-2-20-9-11-4-3-5-12(6-11)10-21-16-8-14(18)13(17)7-15(16)19/h3-8,20H,2,9-10H2,1H3. The topological polar surface area (TPSA) is 21.3 Å². The van der Waals surface area contributed by atoms with E-state index in [0.29, 0.717) is 22.4 Å². The molecule has 2 aromatic rings. The molecule has 2 nitrogen and oxygen atoms in total. The summed E-state index contributed by atoms with van der Waals surface area (Å²) in [6.45, 7) is 4.35. The highest BCUT2D eigenvalue weighted by atomic mass is 79.9. The van der Waals surface area contributed by atoms with Gasteiger partial charge >= 0.3 is 0 Å². The van der Waals surface area contributed by atoms with Crippen LogP contribution in [0.2, 0.25) is 10.0 Å². The quantitative estimate of drug-likeness (QED) is 0.664. The third-order valence-corrected chi connectivity index (χ3v) is 4.43. The number of nitrogens with one attached hydrogen (secondary N) is 1. The first-order valence-electron chi connectivity index (χ1n) is 6.66. The molecule has 0 aromatic heterocycles. The Labute approximate surface area is 143 Å². The zero-order chi connectivity index (χ0) is 15.2. The summed E-state index contributed by atoms with van der Waals surface area (Å²) < 4.78 is 6.52. The van der Waals surface area contributed by atoms with Crippen molar-refractivity contribution in [2.24, 2.45) is 0 Å². The second-order valence-corrected chi connectivity index (χ2v) is 6.25. The molecule has 0 atom stereocenters. The first kappa shape index (κ1) is 16.6. The van der Waals surface area contributed by atoms with Gasteiger partial charge in [-0.1, -0.05) is 54.4 Å². The fourth-order valence-electron chi connectivity index (χ4n) is 1.87. The zero-order valence-corrected chi connectivity index (χ0v) is 14.7. The molecule has 0 radical (unpaired) electrons. The highest BCUT2D eigenvalue weighted by Gasteiger charge is 2.07. The van der Waals surface area contributed by atoms with Gasteiger partial charge in [-0.3, -0.25) is 0 Å². The fraction of sp³-hybridized carbons (Fsp3) is 0.250. The highest BCUT2D eigenvalue weighted by Crippen LogP contribution is 2.34. The molecule has 0 amide bonds. The summed E-state index contributed by atoms with van der Waals surface area (Å²) in [6.07, 6.45) is 0. The van der Waals surface area contributed by atoms with Crippen molar-refractivity contribution in [2.45, 2.75) is 20.1 Å². The van der Waals surface area contributed by atoms with Crippen LogP contribution in [0.25, 0.3) is 0 Å². The number of hydrogen-bond donors (Lipinski definition) is 1. The molecule has 112 valence electrons. The Kier molecular flexibility index (Phi) is 6.37. The van der Waals surface area contributed by atoms with Crippen molar-refractivity contribution in [3.63, 3.8) is 0 Å². The Morgan fingerprint density at radius 3 is 2.62 bits per heavy atom. The molecule has 0 bridgehead atoms. The lowest BCUT2D eigenvalue weighted by Crippen LogP contribution is -2.11. The van der Waals surface area contributed by atoms with Crippen LogP contribution in [-0.4, -0.2) is 6.54 Å². The normalized spacial score (nSPS) is 10.7. The molecule has 0 unspecified atom stereocenters. The third kappa shape index (κ3) is 4.89. The molecule has 21 heavy (non-hydrogen) atoms. The summed E-state index contributed by atoms with van der Waals surface area (Å²) in [4.78, 5) is 0. The van der Waals surface area contributed by atoms with E-state index in [0.717, 1.165) is 23.1 Å². The van der Waals surface area contributed by atoms with Gasteiger partial charge in [-0.2, -0.15) is 0 Å². The first-order chi connectivity index (χ1) is 10.1. The van der Waals surface area contributed by atoms with E-state index >= 15 is 0 Å². The predicted molar refractivity (Wildman–Crippen MR) is 92.3 cm³/mol. The molecule has 1 N–H and O–H groups in total. The predicted octanol–water partition coefficient (Wildman–Crippen LogP) is 5.44. The Morgan fingerprint density at radius 2 is 1.86 bits per heavy atom. The number of rotatable bonds is 6. The Hall–Kier alpha value is -0.740. The summed E-state index contributed by atoms with van der Waals surface area (Å²) >= 11 is 15.5. The minimum Gasteiger partial charge on any atom is -0.487 e. The summed E-state index contributed by atoms with van der Waals surface area (Å²) in [5, 5.41) is 4.42. The first-order valence-corrected chi connectivity index (χ1v) is 8.21. The molecular weight excluding hydrogens is 373 g/mol. The van der Waals surface area contributed by atoms with E-state index in [1.54, 1.807) is 12.1 Å². The second kappa shape index (κ2) is 8.04. The van der Waals surface area contributed by atoms with Gasteiger partial charge in [-0.25, -0.2) is 0 Å². The second-order valence-electron chi connectivity index (χ2n) is 4.59. The minimum absolute atomic E-state index is 0.456. The molecule has 0 aliphatic rings. The van der Waals surface area contributed by atoms with Gasteiger partial charge in [0.15, 0.2) is 0 Å². The van der Waals surface area contributed by atoms with Crippen LogP contribution in [0.1, 0.15) is 18.1 Å². The van der Waals surface area contributed by atoms with Crippen LogP contribution in [0.4, 0.5) is 0 Å². The molecule has 2 aromatic carbocycles. The average Bonchev–Trinajstić information content (AvgIpc) is 2.48. The smallest absolute Gasteiger partial charge is 0.139 e. The summed E-state index contributed by atoms with van der Waals surface area (Å²) in [6, 6.07) is 11.7. The molecule has 5 heteroatoms. The molecule has 0 spiro atoms. The van der Waals surface area contributed by atoms with Crippen molar-refractivity contribution < 1.29 is 4.74 Å². The largest absolute Gasteiger partial charge is 0.487 e. The number of benzene rings is 2. The van der Waals surface area contributed by atoms with Crippen LogP contribution in [0.3, 0.4) is 0 Å². The number of ether oxygens (including phenoxy) is 1. The molecule has 0 heterocycles. The van der Waals surface area contributed by atoms with Crippen LogP contribution < -0.4 is 10.1 Å². The van der Waals surface area contributed by atoms with Gasteiger partial charge in [0.2, 0.25) is 0 Å². The summed E-state index contributed by atoms with van der Waals surface area (Å²) in [5.74, 6) is 0.585. The lowest BCUT2D eigenvalue weighted by molar-refractivity contribution is 0.306. The van der Waals surface area contributed by atoms with Crippen molar-refractivity contribution >= 4 is 39.1 Å². The summed E-state index contributed by atoms with van der Waals surface area (Å²) in [5.41, 5.74) is 2.33. The Morgan fingerprint density at radius 1 is 1.10 bits per heavy atom. The molecule has 0 saturated heterocycles. The maximum atomic E-state index is 6.14. The van der Waals surface area contributed by atoms with Crippen LogP contribution in [0.15, 0.2) is 40.9 Å². The van der Waals surface area contributed by atoms with Crippen molar-refractivity contribution in [1.29, 1.82) is 0 Å². The van der Waals surface area contributed by atoms with E-state index in [4.69, 9.17) is 27.9 Å². The van der Waals surface area contributed by atoms with Crippen LogP contribution in [-0.2, 0) is 13.2 Å². The molecular formula is C16H16BrCl2NO. The molecule has 0 aliphatic heterocycles. The van der Waals surface area contributed by atoms with Crippen molar-refractivity contribution in [2.75, 3.05) is 6.54 Å². The highest BCUT2D eigenvalue weighted by molar-refractivity contribution is 9.10. The minimum atomic E-state index is 0.456. The third-order valence-electron chi connectivity index (χ3n) is 2.94. The Bertz CT molecular complexity index is 619. The van der Waals surface area contributed by atoms with Crippen LogP contribution >= 0.6 is 39.1 Å². The van der Waals surface area contributed by atoms with Crippen molar-refractivity contribution in [3.05, 3.63) is 62.0 Å². The fourth-order valence-corrected chi connectivity index (χ4v) is 2.72. The number of hydrogen-bond acceptors (Lipinski definition) is 2. The molecule has 2 rings (SSSR count). The van der Waals surface area contributed by atoms with E-state index in [1.165, 1.54) is 5.56 Å². The molecule has 0 aliphatic carbocycles. The monoisotopic (exact) mass is 387 g/mol.